The molecule has 0 spiro atoms. The molecule has 0 bridgehead atoms. The lowest BCUT2D eigenvalue weighted by Crippen LogP contribution is -2.08. The van der Waals surface area contributed by atoms with Gasteiger partial charge in [0.1, 0.15) is 34.9 Å². The fourth-order valence-corrected chi connectivity index (χ4v) is 2.43. The molecule has 0 saturated heterocycles. The summed E-state index contributed by atoms with van der Waals surface area (Å²) in [5, 5.41) is 15.9. The summed E-state index contributed by atoms with van der Waals surface area (Å²) >= 11 is 0. The van der Waals surface area contributed by atoms with Crippen molar-refractivity contribution in [2.45, 2.75) is 13.1 Å². The van der Waals surface area contributed by atoms with Crippen LogP contribution in [-0.2, 0) is 13.1 Å². The van der Waals surface area contributed by atoms with E-state index in [4.69, 9.17) is 0 Å². The van der Waals surface area contributed by atoms with Crippen molar-refractivity contribution in [2.24, 2.45) is 0 Å². The molecule has 3 aromatic rings. The number of rotatable bonds is 5. The Labute approximate surface area is 146 Å². The quantitative estimate of drug-likeness (QED) is 0.701. The van der Waals surface area contributed by atoms with Crippen LogP contribution >= 0.6 is 0 Å². The molecule has 0 aliphatic heterocycles. The predicted octanol–water partition coefficient (Wildman–Crippen LogP) is 3.97. The van der Waals surface area contributed by atoms with E-state index in [0.29, 0.717) is 0 Å². The van der Waals surface area contributed by atoms with Gasteiger partial charge >= 0.3 is 0 Å². The molecule has 0 radical (unpaired) electrons. The molecule has 0 aliphatic carbocycles. The monoisotopic (exact) mass is 360 g/mol. The van der Waals surface area contributed by atoms with Gasteiger partial charge in [0.25, 0.3) is 0 Å². The Morgan fingerprint density at radius 1 is 0.923 bits per heavy atom. The third-order valence-corrected chi connectivity index (χ3v) is 3.76. The summed E-state index contributed by atoms with van der Waals surface area (Å²) in [6.07, 6.45) is 1.30. The van der Waals surface area contributed by atoms with Crippen molar-refractivity contribution in [1.82, 2.24) is 9.78 Å². The minimum absolute atomic E-state index is 0.0619. The molecule has 2 aromatic carbocycles. The number of hydrogen-bond donors (Lipinski definition) is 1. The molecule has 4 nitrogen and oxygen atoms in total. The number of hydrogen-bond acceptors (Lipinski definition) is 3. The van der Waals surface area contributed by atoms with Gasteiger partial charge in [0, 0.05) is 23.9 Å². The normalized spacial score (nSPS) is 10.6. The molecule has 0 amide bonds. The lowest BCUT2D eigenvalue weighted by atomic mass is 10.2. The first-order chi connectivity index (χ1) is 12.5. The van der Waals surface area contributed by atoms with Crippen molar-refractivity contribution in [3.63, 3.8) is 0 Å². The van der Waals surface area contributed by atoms with Crippen LogP contribution in [-0.4, -0.2) is 9.78 Å². The summed E-state index contributed by atoms with van der Waals surface area (Å²) in [5.74, 6) is -2.87. The highest BCUT2D eigenvalue weighted by Crippen LogP contribution is 2.19. The van der Waals surface area contributed by atoms with Gasteiger partial charge in [-0.3, -0.25) is 4.68 Å². The third kappa shape index (κ3) is 3.52. The zero-order valence-electron chi connectivity index (χ0n) is 13.3. The predicted molar refractivity (Wildman–Crippen MR) is 86.1 cm³/mol. The summed E-state index contributed by atoms with van der Waals surface area (Å²) in [5.41, 5.74) is -0.323. The van der Waals surface area contributed by atoms with Gasteiger partial charge in [-0.2, -0.15) is 10.4 Å². The maximum absolute atomic E-state index is 13.7. The maximum Gasteiger partial charge on any atom is 0.166 e. The van der Waals surface area contributed by atoms with E-state index in [2.05, 4.69) is 10.4 Å². The molecule has 1 aromatic heterocycles. The fourth-order valence-electron chi connectivity index (χ4n) is 2.43. The Bertz CT molecular complexity index is 951. The van der Waals surface area contributed by atoms with E-state index in [0.717, 1.165) is 24.3 Å². The minimum Gasteiger partial charge on any atom is -0.363 e. The summed E-state index contributed by atoms with van der Waals surface area (Å²) in [7, 11) is 0. The molecular weight excluding hydrogens is 348 g/mol. The number of anilines is 1. The van der Waals surface area contributed by atoms with Gasteiger partial charge in [-0.1, -0.05) is 12.1 Å². The van der Waals surface area contributed by atoms with Crippen molar-refractivity contribution in [1.29, 1.82) is 5.26 Å². The van der Waals surface area contributed by atoms with Crippen LogP contribution < -0.4 is 5.32 Å². The van der Waals surface area contributed by atoms with Crippen molar-refractivity contribution >= 4 is 5.82 Å². The van der Waals surface area contributed by atoms with Crippen LogP contribution in [0.1, 0.15) is 16.7 Å². The maximum atomic E-state index is 13.7. The van der Waals surface area contributed by atoms with Crippen molar-refractivity contribution in [3.8, 4) is 6.07 Å². The Balaban J connectivity index is 1.82. The summed E-state index contributed by atoms with van der Waals surface area (Å²) < 4.78 is 56.0. The van der Waals surface area contributed by atoms with Gasteiger partial charge in [0.2, 0.25) is 0 Å². The standard InChI is InChI=1S/C18H12F4N4/c19-14-3-1-4-15(20)12(14)8-24-18-11(7-23)9-26(25-18)10-13-16(21)5-2-6-17(13)22/h1-6,9H,8,10H2,(H,24,25). The largest absolute Gasteiger partial charge is 0.363 e. The average molecular weight is 360 g/mol. The zero-order valence-corrected chi connectivity index (χ0v) is 13.3. The molecule has 0 aliphatic rings. The van der Waals surface area contributed by atoms with Gasteiger partial charge < -0.3 is 5.32 Å². The summed E-state index contributed by atoms with van der Waals surface area (Å²) in [6.45, 7) is -0.471. The van der Waals surface area contributed by atoms with Gasteiger partial charge in [0.15, 0.2) is 5.82 Å². The second kappa shape index (κ2) is 7.27. The Morgan fingerprint density at radius 2 is 1.46 bits per heavy atom. The zero-order chi connectivity index (χ0) is 18.7. The molecule has 0 saturated carbocycles. The molecule has 0 unspecified atom stereocenters. The molecule has 26 heavy (non-hydrogen) atoms. The Kier molecular flexibility index (Phi) is 4.89. The highest BCUT2D eigenvalue weighted by Gasteiger charge is 2.15. The molecule has 1 heterocycles. The van der Waals surface area contributed by atoms with Crippen LogP contribution in [0.2, 0.25) is 0 Å². The number of nitrogens with zero attached hydrogens (tertiary/aromatic N) is 3. The molecule has 0 atom stereocenters. The third-order valence-electron chi connectivity index (χ3n) is 3.76. The van der Waals surface area contributed by atoms with E-state index in [9.17, 15) is 22.8 Å². The number of nitrogens with one attached hydrogen (secondary N) is 1. The first kappa shape index (κ1) is 17.5. The van der Waals surface area contributed by atoms with Crippen molar-refractivity contribution in [3.05, 3.63) is 82.6 Å². The lowest BCUT2D eigenvalue weighted by molar-refractivity contribution is 0.533. The summed E-state index contributed by atoms with van der Waals surface area (Å²) in [4.78, 5) is 0. The molecule has 0 fully saturated rings. The molecule has 8 heteroatoms. The van der Waals surface area contributed by atoms with Crippen molar-refractivity contribution in [2.75, 3.05) is 5.32 Å². The van der Waals surface area contributed by atoms with E-state index >= 15 is 0 Å². The van der Waals surface area contributed by atoms with Crippen molar-refractivity contribution < 1.29 is 17.6 Å². The van der Waals surface area contributed by atoms with E-state index in [1.165, 1.54) is 23.0 Å². The SMILES string of the molecule is N#Cc1cn(Cc2c(F)cccc2F)nc1NCc1c(F)cccc1F. The lowest BCUT2D eigenvalue weighted by Gasteiger charge is -2.07. The molecular formula is C18H12F4N4. The van der Waals surface area contributed by atoms with Gasteiger partial charge in [0.05, 0.1) is 6.54 Å². The van der Waals surface area contributed by atoms with E-state index in [1.54, 1.807) is 0 Å². The molecule has 132 valence electrons. The van der Waals surface area contributed by atoms with Gasteiger partial charge in [-0.25, -0.2) is 17.6 Å². The van der Waals surface area contributed by atoms with Crippen LogP contribution in [0.5, 0.6) is 0 Å². The first-order valence-electron chi connectivity index (χ1n) is 7.56. The number of aromatic nitrogens is 2. The Morgan fingerprint density at radius 3 is 2.00 bits per heavy atom. The smallest absolute Gasteiger partial charge is 0.166 e. The van der Waals surface area contributed by atoms with Gasteiger partial charge in [-0.15, -0.1) is 0 Å². The first-order valence-corrected chi connectivity index (χ1v) is 7.56. The van der Waals surface area contributed by atoms with Crippen LogP contribution in [0.15, 0.2) is 42.6 Å². The molecule has 1 N–H and O–H groups in total. The van der Waals surface area contributed by atoms with Crippen LogP contribution in [0.3, 0.4) is 0 Å². The number of halogens is 4. The minimum atomic E-state index is -0.734. The second-order valence-corrected chi connectivity index (χ2v) is 5.45. The van der Waals surface area contributed by atoms with E-state index in [1.807, 2.05) is 6.07 Å². The highest BCUT2D eigenvalue weighted by molar-refractivity contribution is 5.51. The topological polar surface area (TPSA) is 53.6 Å². The average Bonchev–Trinajstić information content (AvgIpc) is 3.00. The Hall–Kier alpha value is -3.34. The fraction of sp³-hybridized carbons (Fsp3) is 0.111. The number of nitriles is 1. The second-order valence-electron chi connectivity index (χ2n) is 5.45. The number of benzene rings is 2. The van der Waals surface area contributed by atoms with Crippen LogP contribution in [0.4, 0.5) is 23.4 Å². The van der Waals surface area contributed by atoms with Crippen LogP contribution in [0, 0.1) is 34.6 Å². The van der Waals surface area contributed by atoms with Gasteiger partial charge in [-0.05, 0) is 24.3 Å². The van der Waals surface area contributed by atoms with E-state index in [-0.39, 0.29) is 35.6 Å². The highest BCUT2D eigenvalue weighted by atomic mass is 19.1. The van der Waals surface area contributed by atoms with Crippen LogP contribution in [0.25, 0.3) is 0 Å². The summed E-state index contributed by atoms with van der Waals surface area (Å²) in [6, 6.07) is 8.83. The van der Waals surface area contributed by atoms with E-state index < -0.39 is 23.3 Å². The molecule has 3 rings (SSSR count).